The maximum absolute atomic E-state index is 12.4. The maximum Gasteiger partial charge on any atom is 0.222 e. The highest BCUT2D eigenvalue weighted by molar-refractivity contribution is 9.10. The fraction of sp³-hybridized carbons (Fsp3) is 0.588. The van der Waals surface area contributed by atoms with Gasteiger partial charge in [0.2, 0.25) is 5.91 Å². The lowest BCUT2D eigenvalue weighted by molar-refractivity contribution is -0.124. The van der Waals surface area contributed by atoms with Crippen molar-refractivity contribution < 1.29 is 4.79 Å². The third-order valence-electron chi connectivity index (χ3n) is 4.38. The van der Waals surface area contributed by atoms with Crippen LogP contribution in [0.2, 0.25) is 0 Å². The van der Waals surface area contributed by atoms with E-state index in [1.165, 1.54) is 6.42 Å². The normalized spacial score (nSPS) is 18.3. The van der Waals surface area contributed by atoms with Crippen molar-refractivity contribution in [3.05, 3.63) is 34.3 Å². The van der Waals surface area contributed by atoms with Gasteiger partial charge in [0.15, 0.2) is 0 Å². The van der Waals surface area contributed by atoms with E-state index >= 15 is 0 Å². The summed E-state index contributed by atoms with van der Waals surface area (Å²) in [5.74, 6) is 0.0484. The van der Waals surface area contributed by atoms with Crippen LogP contribution < -0.4 is 11.1 Å². The van der Waals surface area contributed by atoms with Crippen molar-refractivity contribution in [2.24, 2.45) is 5.73 Å². The first-order valence-electron chi connectivity index (χ1n) is 7.67. The first kappa shape index (κ1) is 16.5. The Morgan fingerprint density at radius 3 is 2.38 bits per heavy atom. The van der Waals surface area contributed by atoms with Crippen molar-refractivity contribution in [3.63, 3.8) is 0 Å². The van der Waals surface area contributed by atoms with E-state index in [-0.39, 0.29) is 17.0 Å². The van der Waals surface area contributed by atoms with Crippen molar-refractivity contribution in [3.8, 4) is 0 Å². The Hall–Kier alpha value is -0.870. The smallest absolute Gasteiger partial charge is 0.222 e. The summed E-state index contributed by atoms with van der Waals surface area (Å²) in [6.07, 6.45) is 5.86. The molecule has 0 aliphatic heterocycles. The van der Waals surface area contributed by atoms with E-state index in [2.05, 4.69) is 21.2 Å². The minimum absolute atomic E-state index is 0.0484. The Morgan fingerprint density at radius 2 is 1.81 bits per heavy atom. The van der Waals surface area contributed by atoms with Crippen molar-refractivity contribution >= 4 is 21.8 Å². The van der Waals surface area contributed by atoms with Crippen LogP contribution in [0.15, 0.2) is 28.7 Å². The van der Waals surface area contributed by atoms with Gasteiger partial charge < -0.3 is 11.1 Å². The fourth-order valence-corrected chi connectivity index (χ4v) is 3.35. The number of carbonyl (C=O) groups excluding carboxylic acids is 1. The topological polar surface area (TPSA) is 55.1 Å². The Morgan fingerprint density at radius 1 is 1.24 bits per heavy atom. The Bertz CT molecular complexity index is 490. The van der Waals surface area contributed by atoms with Gasteiger partial charge in [-0.3, -0.25) is 4.79 Å². The highest BCUT2D eigenvalue weighted by Gasteiger charge is 2.32. The molecule has 0 bridgehead atoms. The quantitative estimate of drug-likeness (QED) is 0.864. The van der Waals surface area contributed by atoms with Crippen LogP contribution in [0.25, 0.3) is 0 Å². The zero-order chi connectivity index (χ0) is 15.5. The number of nitrogens with two attached hydrogens (primary N) is 1. The van der Waals surface area contributed by atoms with Crippen LogP contribution >= 0.6 is 15.9 Å². The SMILES string of the molecule is CC(C)(NC(=O)CC1(N)CCCCC1)c1ccc(Br)cc1. The second-order valence-electron chi connectivity index (χ2n) is 6.78. The van der Waals surface area contributed by atoms with Crippen LogP contribution in [-0.2, 0) is 10.3 Å². The summed E-state index contributed by atoms with van der Waals surface area (Å²) in [6.45, 7) is 4.05. The highest BCUT2D eigenvalue weighted by Crippen LogP contribution is 2.29. The molecule has 0 unspecified atom stereocenters. The summed E-state index contributed by atoms with van der Waals surface area (Å²) in [5, 5.41) is 3.13. The average Bonchev–Trinajstić information content (AvgIpc) is 2.38. The molecule has 1 fully saturated rings. The molecule has 0 atom stereocenters. The second-order valence-corrected chi connectivity index (χ2v) is 7.70. The average molecular weight is 353 g/mol. The molecule has 1 aromatic carbocycles. The van der Waals surface area contributed by atoms with Gasteiger partial charge in [-0.25, -0.2) is 0 Å². The molecule has 3 N–H and O–H groups in total. The predicted molar refractivity (Wildman–Crippen MR) is 89.9 cm³/mol. The Labute approximate surface area is 135 Å². The van der Waals surface area contributed by atoms with E-state index in [0.717, 1.165) is 35.7 Å². The number of amides is 1. The van der Waals surface area contributed by atoms with Crippen molar-refractivity contribution in [1.29, 1.82) is 0 Å². The molecule has 1 aromatic rings. The molecule has 1 amide bonds. The summed E-state index contributed by atoms with van der Waals surface area (Å²) < 4.78 is 1.04. The maximum atomic E-state index is 12.4. The molecular formula is C17H25BrN2O. The molecule has 116 valence electrons. The number of nitrogens with one attached hydrogen (secondary N) is 1. The molecule has 1 saturated carbocycles. The predicted octanol–water partition coefficient (Wildman–Crippen LogP) is 3.85. The molecule has 0 radical (unpaired) electrons. The van der Waals surface area contributed by atoms with Crippen molar-refractivity contribution in [1.82, 2.24) is 5.32 Å². The molecule has 0 heterocycles. The molecule has 0 aromatic heterocycles. The molecule has 21 heavy (non-hydrogen) atoms. The van der Waals surface area contributed by atoms with Crippen LogP contribution in [0.3, 0.4) is 0 Å². The lowest BCUT2D eigenvalue weighted by Gasteiger charge is -2.34. The van der Waals surface area contributed by atoms with Gasteiger partial charge in [-0.2, -0.15) is 0 Å². The van der Waals surface area contributed by atoms with Crippen molar-refractivity contribution in [2.75, 3.05) is 0 Å². The number of hydrogen-bond donors (Lipinski definition) is 2. The van der Waals surface area contributed by atoms with Gasteiger partial charge in [0, 0.05) is 16.4 Å². The number of benzene rings is 1. The van der Waals surface area contributed by atoms with Crippen LogP contribution in [-0.4, -0.2) is 11.4 Å². The largest absolute Gasteiger partial charge is 0.347 e. The number of hydrogen-bond acceptors (Lipinski definition) is 2. The highest BCUT2D eigenvalue weighted by atomic mass is 79.9. The van der Waals surface area contributed by atoms with E-state index in [4.69, 9.17) is 5.73 Å². The molecule has 2 rings (SSSR count). The summed E-state index contributed by atoms with van der Waals surface area (Å²) in [5.41, 5.74) is 6.77. The van der Waals surface area contributed by atoms with Crippen molar-refractivity contribution in [2.45, 2.75) is 63.5 Å². The monoisotopic (exact) mass is 352 g/mol. The lowest BCUT2D eigenvalue weighted by atomic mass is 9.80. The number of carbonyl (C=O) groups is 1. The van der Waals surface area contributed by atoms with E-state index < -0.39 is 0 Å². The number of rotatable bonds is 4. The van der Waals surface area contributed by atoms with E-state index in [0.29, 0.717) is 6.42 Å². The van der Waals surface area contributed by atoms with Gasteiger partial charge in [0.05, 0.1) is 5.54 Å². The molecule has 0 saturated heterocycles. The first-order chi connectivity index (χ1) is 9.81. The molecular weight excluding hydrogens is 328 g/mol. The van der Waals surface area contributed by atoms with Gasteiger partial charge in [-0.05, 0) is 44.4 Å². The van der Waals surface area contributed by atoms with Crippen LogP contribution in [0.5, 0.6) is 0 Å². The van der Waals surface area contributed by atoms with Gasteiger partial charge in [-0.1, -0.05) is 47.3 Å². The van der Waals surface area contributed by atoms with Gasteiger partial charge in [0.25, 0.3) is 0 Å². The first-order valence-corrected chi connectivity index (χ1v) is 8.46. The minimum atomic E-state index is -0.386. The summed E-state index contributed by atoms with van der Waals surface area (Å²) >= 11 is 3.43. The van der Waals surface area contributed by atoms with Crippen LogP contribution in [0, 0.1) is 0 Å². The Balaban J connectivity index is 1.99. The molecule has 3 nitrogen and oxygen atoms in total. The summed E-state index contributed by atoms with van der Waals surface area (Å²) in [7, 11) is 0. The molecule has 0 spiro atoms. The fourth-order valence-electron chi connectivity index (χ4n) is 3.08. The molecule has 1 aliphatic carbocycles. The van der Waals surface area contributed by atoms with Gasteiger partial charge >= 0.3 is 0 Å². The zero-order valence-electron chi connectivity index (χ0n) is 12.9. The standard InChI is InChI=1S/C17H25BrN2O/c1-16(2,13-6-8-14(18)9-7-13)20-15(21)12-17(19)10-4-3-5-11-17/h6-9H,3-5,10-12,19H2,1-2H3,(H,20,21). The van der Waals surface area contributed by atoms with Crippen LogP contribution in [0.1, 0.15) is 57.9 Å². The van der Waals surface area contributed by atoms with Gasteiger partial charge in [-0.15, -0.1) is 0 Å². The van der Waals surface area contributed by atoms with E-state index in [1.54, 1.807) is 0 Å². The molecule has 1 aliphatic rings. The third kappa shape index (κ3) is 4.55. The summed E-state index contributed by atoms with van der Waals surface area (Å²) in [6, 6.07) is 8.05. The van der Waals surface area contributed by atoms with E-state index in [1.807, 2.05) is 38.1 Å². The third-order valence-corrected chi connectivity index (χ3v) is 4.91. The lowest BCUT2D eigenvalue weighted by Crippen LogP contribution is -2.49. The number of halogens is 1. The minimum Gasteiger partial charge on any atom is -0.347 e. The Kier molecular flexibility index (Phi) is 5.10. The van der Waals surface area contributed by atoms with Gasteiger partial charge in [0.1, 0.15) is 0 Å². The van der Waals surface area contributed by atoms with E-state index in [9.17, 15) is 4.79 Å². The zero-order valence-corrected chi connectivity index (χ0v) is 14.5. The second kappa shape index (κ2) is 6.49. The molecule has 4 heteroatoms. The van der Waals surface area contributed by atoms with Crippen LogP contribution in [0.4, 0.5) is 0 Å². The summed E-state index contributed by atoms with van der Waals surface area (Å²) in [4.78, 5) is 12.4.